The minimum atomic E-state index is -0.896. The quantitative estimate of drug-likeness (QED) is 0.868. The van der Waals surface area contributed by atoms with Gasteiger partial charge in [-0.15, -0.1) is 0 Å². The molecule has 1 unspecified atom stereocenters. The Hall–Kier alpha value is -1.72. The topological polar surface area (TPSA) is 66.3 Å². The van der Waals surface area contributed by atoms with Crippen LogP contribution in [0.5, 0.6) is 0 Å². The van der Waals surface area contributed by atoms with Crippen LogP contribution in [0.1, 0.15) is 26.7 Å². The average molecular weight is 253 g/mol. The van der Waals surface area contributed by atoms with Crippen LogP contribution >= 0.6 is 0 Å². The van der Waals surface area contributed by atoms with Crippen LogP contribution in [0.25, 0.3) is 0 Å². The largest absolute Gasteiger partial charge is 0.480 e. The van der Waals surface area contributed by atoms with E-state index in [1.165, 1.54) is 0 Å². The van der Waals surface area contributed by atoms with Crippen molar-refractivity contribution in [2.45, 2.75) is 32.7 Å². The number of rotatable bonds is 2. The van der Waals surface area contributed by atoms with Crippen molar-refractivity contribution in [1.29, 1.82) is 0 Å². The molecule has 0 radical (unpaired) electrons. The molecule has 0 amide bonds. The van der Waals surface area contributed by atoms with Crippen molar-refractivity contribution in [3.05, 3.63) is 18.2 Å². The Balaban J connectivity index is 2.35. The number of nitrogens with zero attached hydrogens (tertiary/aromatic N) is 3. The summed E-state index contributed by atoms with van der Waals surface area (Å²) in [6, 6.07) is -0.684. The fraction of sp³-hybridized carbons (Fsp3) is 0.583. The molecule has 5 nitrogen and oxygen atoms in total. The Labute approximate surface area is 105 Å². The summed E-state index contributed by atoms with van der Waals surface area (Å²) in [5.41, 5.74) is -0.359. The summed E-state index contributed by atoms with van der Waals surface area (Å²) >= 11 is 0. The van der Waals surface area contributed by atoms with Crippen LogP contribution in [-0.4, -0.2) is 33.6 Å². The van der Waals surface area contributed by atoms with Crippen LogP contribution < -0.4 is 4.90 Å². The molecule has 1 atom stereocenters. The first-order chi connectivity index (χ1) is 8.42. The summed E-state index contributed by atoms with van der Waals surface area (Å²) in [5, 5.41) is 9.39. The van der Waals surface area contributed by atoms with Crippen LogP contribution in [0, 0.1) is 11.2 Å². The van der Waals surface area contributed by atoms with Crippen molar-refractivity contribution in [2.24, 2.45) is 5.41 Å². The summed E-state index contributed by atoms with van der Waals surface area (Å²) in [6.45, 7) is 4.41. The standard InChI is InChI=1S/C12H16FN3O2/c1-12(2)4-3-5-16(9(12)10(17)18)11-14-6-8(13)7-15-11/h6-7,9H,3-5H2,1-2H3,(H,17,18). The van der Waals surface area contributed by atoms with Crippen LogP contribution in [-0.2, 0) is 4.79 Å². The molecule has 2 rings (SSSR count). The maximum atomic E-state index is 12.8. The van der Waals surface area contributed by atoms with E-state index in [0.717, 1.165) is 25.2 Å². The van der Waals surface area contributed by atoms with E-state index in [4.69, 9.17) is 0 Å². The third-order valence-electron chi connectivity index (χ3n) is 3.37. The second-order valence-electron chi connectivity index (χ2n) is 5.23. The normalized spacial score (nSPS) is 22.8. The zero-order chi connectivity index (χ0) is 13.3. The zero-order valence-electron chi connectivity index (χ0n) is 10.4. The molecule has 1 aliphatic rings. The van der Waals surface area contributed by atoms with Gasteiger partial charge in [0.1, 0.15) is 6.04 Å². The first kappa shape index (κ1) is 12.7. The minimum Gasteiger partial charge on any atom is -0.480 e. The Morgan fingerprint density at radius 1 is 1.50 bits per heavy atom. The lowest BCUT2D eigenvalue weighted by Gasteiger charge is -2.43. The van der Waals surface area contributed by atoms with E-state index in [1.54, 1.807) is 4.90 Å². The number of halogens is 1. The van der Waals surface area contributed by atoms with Gasteiger partial charge in [0.25, 0.3) is 0 Å². The number of aliphatic carboxylic acids is 1. The first-order valence-corrected chi connectivity index (χ1v) is 5.89. The number of hydrogen-bond donors (Lipinski definition) is 1. The van der Waals surface area contributed by atoms with Gasteiger partial charge in [0.15, 0.2) is 5.82 Å². The highest BCUT2D eigenvalue weighted by molar-refractivity contribution is 5.78. The maximum Gasteiger partial charge on any atom is 0.326 e. The minimum absolute atomic E-state index is 0.275. The van der Waals surface area contributed by atoms with Gasteiger partial charge < -0.3 is 10.0 Å². The van der Waals surface area contributed by atoms with Crippen LogP contribution in [0.2, 0.25) is 0 Å². The van der Waals surface area contributed by atoms with E-state index in [9.17, 15) is 14.3 Å². The Bertz CT molecular complexity index is 447. The molecule has 0 aliphatic carbocycles. The number of aromatic nitrogens is 2. The number of anilines is 1. The third-order valence-corrected chi connectivity index (χ3v) is 3.37. The van der Waals surface area contributed by atoms with Gasteiger partial charge in [0.05, 0.1) is 12.4 Å². The third kappa shape index (κ3) is 2.27. The zero-order valence-corrected chi connectivity index (χ0v) is 10.4. The van der Waals surface area contributed by atoms with Crippen molar-refractivity contribution >= 4 is 11.9 Å². The summed E-state index contributed by atoms with van der Waals surface area (Å²) in [7, 11) is 0. The molecule has 1 N–H and O–H groups in total. The van der Waals surface area contributed by atoms with Gasteiger partial charge in [0.2, 0.25) is 5.95 Å². The molecule has 1 aliphatic heterocycles. The SMILES string of the molecule is CC1(C)CCCN(c2ncc(F)cn2)C1C(=O)O. The smallest absolute Gasteiger partial charge is 0.326 e. The van der Waals surface area contributed by atoms with Gasteiger partial charge in [-0.1, -0.05) is 13.8 Å². The molecular formula is C12H16FN3O2. The molecule has 0 aromatic carbocycles. The Kier molecular flexibility index (Phi) is 3.19. The highest BCUT2D eigenvalue weighted by atomic mass is 19.1. The van der Waals surface area contributed by atoms with E-state index in [1.807, 2.05) is 13.8 Å². The average Bonchev–Trinajstić information content (AvgIpc) is 2.27. The summed E-state index contributed by atoms with van der Waals surface area (Å²) in [6.07, 6.45) is 3.82. The molecule has 1 saturated heterocycles. The van der Waals surface area contributed by atoms with Gasteiger partial charge in [-0.3, -0.25) is 0 Å². The number of carboxylic acid groups (broad SMARTS) is 1. The molecule has 1 aromatic heterocycles. The monoisotopic (exact) mass is 253 g/mol. The van der Waals surface area contributed by atoms with Crippen molar-refractivity contribution in [3.8, 4) is 0 Å². The van der Waals surface area contributed by atoms with E-state index in [2.05, 4.69) is 9.97 Å². The number of hydrogen-bond acceptors (Lipinski definition) is 4. The highest BCUT2D eigenvalue weighted by Gasteiger charge is 2.43. The second kappa shape index (κ2) is 4.51. The van der Waals surface area contributed by atoms with Crippen LogP contribution in [0.15, 0.2) is 12.4 Å². The van der Waals surface area contributed by atoms with Gasteiger partial charge in [0, 0.05) is 6.54 Å². The van der Waals surface area contributed by atoms with E-state index in [0.29, 0.717) is 6.54 Å². The van der Waals surface area contributed by atoms with Crippen molar-refractivity contribution < 1.29 is 14.3 Å². The van der Waals surface area contributed by atoms with Crippen molar-refractivity contribution in [3.63, 3.8) is 0 Å². The second-order valence-corrected chi connectivity index (χ2v) is 5.23. The molecule has 2 heterocycles. The Morgan fingerprint density at radius 2 is 2.11 bits per heavy atom. The van der Waals surface area contributed by atoms with E-state index >= 15 is 0 Å². The predicted molar refractivity (Wildman–Crippen MR) is 63.8 cm³/mol. The fourth-order valence-electron chi connectivity index (χ4n) is 2.53. The maximum absolute atomic E-state index is 12.8. The number of carboxylic acids is 1. The Morgan fingerprint density at radius 3 is 2.67 bits per heavy atom. The predicted octanol–water partition coefficient (Wildman–Crippen LogP) is 1.70. The van der Waals surface area contributed by atoms with E-state index < -0.39 is 17.8 Å². The fourth-order valence-corrected chi connectivity index (χ4v) is 2.53. The lowest BCUT2D eigenvalue weighted by atomic mass is 9.76. The van der Waals surface area contributed by atoms with Gasteiger partial charge >= 0.3 is 5.97 Å². The van der Waals surface area contributed by atoms with Gasteiger partial charge in [-0.25, -0.2) is 19.2 Å². The molecule has 18 heavy (non-hydrogen) atoms. The van der Waals surface area contributed by atoms with Crippen molar-refractivity contribution in [1.82, 2.24) is 9.97 Å². The highest BCUT2D eigenvalue weighted by Crippen LogP contribution is 2.36. The lowest BCUT2D eigenvalue weighted by molar-refractivity contribution is -0.142. The van der Waals surface area contributed by atoms with E-state index in [-0.39, 0.29) is 11.4 Å². The first-order valence-electron chi connectivity index (χ1n) is 5.89. The van der Waals surface area contributed by atoms with Crippen LogP contribution in [0.3, 0.4) is 0 Å². The van der Waals surface area contributed by atoms with Crippen LogP contribution in [0.4, 0.5) is 10.3 Å². The molecule has 0 bridgehead atoms. The van der Waals surface area contributed by atoms with Crippen molar-refractivity contribution in [2.75, 3.05) is 11.4 Å². The lowest BCUT2D eigenvalue weighted by Crippen LogP contribution is -2.55. The molecular weight excluding hydrogens is 237 g/mol. The number of piperidine rings is 1. The van der Waals surface area contributed by atoms with Gasteiger partial charge in [-0.05, 0) is 18.3 Å². The molecule has 6 heteroatoms. The number of carbonyl (C=O) groups is 1. The molecule has 1 fully saturated rings. The summed E-state index contributed by atoms with van der Waals surface area (Å²) in [4.78, 5) is 20.8. The molecule has 98 valence electrons. The molecule has 0 saturated carbocycles. The summed E-state index contributed by atoms with van der Waals surface area (Å²) in [5.74, 6) is -1.15. The molecule has 1 aromatic rings. The summed E-state index contributed by atoms with van der Waals surface area (Å²) < 4.78 is 12.8. The molecule has 0 spiro atoms. The van der Waals surface area contributed by atoms with Gasteiger partial charge in [-0.2, -0.15) is 0 Å².